The van der Waals surface area contributed by atoms with Crippen LogP contribution in [0, 0.1) is 12.1 Å². The minimum absolute atomic E-state index is 0.137. The Morgan fingerprint density at radius 1 is 0.500 bits per heavy atom. The zero-order chi connectivity index (χ0) is 34.8. The highest BCUT2D eigenvalue weighted by Crippen LogP contribution is 2.50. The molecule has 52 heavy (non-hydrogen) atoms. The van der Waals surface area contributed by atoms with Gasteiger partial charge in [-0.05, 0) is 98.6 Å². The van der Waals surface area contributed by atoms with Gasteiger partial charge in [-0.2, -0.15) is 0 Å². The summed E-state index contributed by atoms with van der Waals surface area (Å²) < 4.78 is 2.34. The maximum Gasteiger partial charge on any atom is 0.0701 e. The second-order valence-corrected chi connectivity index (χ2v) is 14.3. The number of para-hydroxylation sites is 2. The highest BCUT2D eigenvalue weighted by Gasteiger charge is 2.36. The van der Waals surface area contributed by atoms with E-state index in [9.17, 15) is 0 Å². The van der Waals surface area contributed by atoms with Gasteiger partial charge in [0.05, 0.1) is 22.4 Å². The number of hydrogen-bond donors (Lipinski definition) is 0. The van der Waals surface area contributed by atoms with Crippen molar-refractivity contribution in [1.82, 2.24) is 9.55 Å². The Morgan fingerprint density at radius 3 is 1.75 bits per heavy atom. The van der Waals surface area contributed by atoms with E-state index in [1.165, 1.54) is 66.3 Å². The molecule has 9 aromatic rings. The number of fused-ring (bicyclic) bond motifs is 6. The Morgan fingerprint density at radius 2 is 1.08 bits per heavy atom. The Labute approximate surface area is 304 Å². The fourth-order valence-corrected chi connectivity index (χ4v) is 8.23. The molecule has 0 radical (unpaired) electrons. The lowest BCUT2D eigenvalue weighted by molar-refractivity contribution is 0.661. The van der Waals surface area contributed by atoms with Crippen molar-refractivity contribution in [2.24, 2.45) is 0 Å². The Hall–Kier alpha value is -6.69. The molecule has 2 heteroatoms. The van der Waals surface area contributed by atoms with Gasteiger partial charge < -0.3 is 4.57 Å². The van der Waals surface area contributed by atoms with Gasteiger partial charge in [0.15, 0.2) is 0 Å². The number of pyridine rings is 1. The molecule has 0 atom stereocenters. The van der Waals surface area contributed by atoms with E-state index >= 15 is 0 Å². The molecule has 7 aromatic carbocycles. The predicted octanol–water partition coefficient (Wildman–Crippen LogP) is 12.8. The summed E-state index contributed by atoms with van der Waals surface area (Å²) >= 11 is 0. The molecule has 244 valence electrons. The molecule has 2 aromatic heterocycles. The molecule has 0 saturated heterocycles. The highest BCUT2D eigenvalue weighted by atomic mass is 15.0. The van der Waals surface area contributed by atoms with Crippen LogP contribution in [0.5, 0.6) is 0 Å². The molecule has 0 bridgehead atoms. The van der Waals surface area contributed by atoms with Crippen molar-refractivity contribution in [3.8, 4) is 61.5 Å². The van der Waals surface area contributed by atoms with Gasteiger partial charge in [-0.1, -0.05) is 135 Å². The maximum atomic E-state index is 4.52. The van der Waals surface area contributed by atoms with Crippen molar-refractivity contribution in [3.05, 3.63) is 193 Å². The molecule has 2 heterocycles. The fraction of sp³-hybridized carbons (Fsp3) is 0.0600. The molecule has 2 nitrogen and oxygen atoms in total. The van der Waals surface area contributed by atoms with E-state index in [1.54, 1.807) is 0 Å². The summed E-state index contributed by atoms with van der Waals surface area (Å²) in [5.41, 5.74) is 17.8. The van der Waals surface area contributed by atoms with Crippen LogP contribution in [0.4, 0.5) is 0 Å². The van der Waals surface area contributed by atoms with Gasteiger partial charge >= 0.3 is 0 Å². The summed E-state index contributed by atoms with van der Waals surface area (Å²) in [6, 6.07) is 65.9. The molecular weight excluding hydrogens is 629 g/mol. The van der Waals surface area contributed by atoms with Crippen LogP contribution in [0.25, 0.3) is 83.3 Å². The minimum Gasteiger partial charge on any atom is -0.309 e. The monoisotopic (exact) mass is 662 g/mol. The van der Waals surface area contributed by atoms with E-state index < -0.39 is 0 Å². The van der Waals surface area contributed by atoms with Crippen molar-refractivity contribution >= 4 is 21.8 Å². The van der Waals surface area contributed by atoms with Crippen LogP contribution in [0.1, 0.15) is 25.0 Å². The summed E-state index contributed by atoms with van der Waals surface area (Å²) in [5.74, 6) is 0. The standard InChI is InChI=1S/C50H34N2/c1-50(2)45-31-38(33-20-22-34(23-21-33)47-17-7-8-28-51-47)24-26-41(45)42-27-25-39(32-46(42)50)36-12-9-11-35(29-36)37-13-10-14-40(30-37)52-48-18-5-3-15-43(48)44-16-4-6-19-49(44)52/h3-9,11-12,14-32H,1-2H3. The van der Waals surface area contributed by atoms with Crippen LogP contribution in [-0.4, -0.2) is 9.55 Å². The van der Waals surface area contributed by atoms with Crippen molar-refractivity contribution in [3.63, 3.8) is 0 Å². The number of benzene rings is 6. The fourth-order valence-electron chi connectivity index (χ4n) is 8.23. The minimum atomic E-state index is -0.137. The summed E-state index contributed by atoms with van der Waals surface area (Å²) in [4.78, 5) is 4.52. The van der Waals surface area contributed by atoms with E-state index in [0.29, 0.717) is 0 Å². The lowest BCUT2D eigenvalue weighted by Gasteiger charge is -2.22. The first-order valence-electron chi connectivity index (χ1n) is 17.9. The van der Waals surface area contributed by atoms with Gasteiger partial charge in [0.1, 0.15) is 0 Å². The summed E-state index contributed by atoms with van der Waals surface area (Å²) in [5, 5.41) is 2.50. The predicted molar refractivity (Wildman–Crippen MR) is 216 cm³/mol. The molecule has 0 spiro atoms. The second kappa shape index (κ2) is 11.7. The molecule has 0 fully saturated rings. The molecule has 0 saturated carbocycles. The van der Waals surface area contributed by atoms with E-state index in [2.05, 4.69) is 181 Å². The van der Waals surface area contributed by atoms with Gasteiger partial charge in [-0.25, -0.2) is 0 Å². The first-order chi connectivity index (χ1) is 25.5. The van der Waals surface area contributed by atoms with E-state index in [1.807, 2.05) is 24.4 Å². The largest absolute Gasteiger partial charge is 0.309 e. The molecule has 0 N–H and O–H groups in total. The van der Waals surface area contributed by atoms with Crippen LogP contribution >= 0.6 is 0 Å². The summed E-state index contributed by atoms with van der Waals surface area (Å²) in [6.07, 6.45) is 1.84. The van der Waals surface area contributed by atoms with E-state index in [-0.39, 0.29) is 5.41 Å². The van der Waals surface area contributed by atoms with Crippen molar-refractivity contribution in [1.29, 1.82) is 0 Å². The average Bonchev–Trinajstić information content (AvgIpc) is 3.66. The van der Waals surface area contributed by atoms with Gasteiger partial charge in [-0.3, -0.25) is 4.98 Å². The normalized spacial score (nSPS) is 12.8. The lowest BCUT2D eigenvalue weighted by Crippen LogP contribution is -2.15. The zero-order valence-electron chi connectivity index (χ0n) is 29.1. The van der Waals surface area contributed by atoms with Gasteiger partial charge in [0, 0.05) is 39.6 Å². The SMILES string of the molecule is CC1(C)c2cc(-c3ccc(-c4ccccn4)cc3)ccc2-c2ccc(-c3cccc(-c4c#ccc(-n5c6ccccc6c6ccccc65)c4)c3)cc21. The third-order valence-corrected chi connectivity index (χ3v) is 10.9. The van der Waals surface area contributed by atoms with E-state index in [0.717, 1.165) is 28.1 Å². The molecule has 1 aliphatic carbocycles. The molecule has 1 aliphatic rings. The van der Waals surface area contributed by atoms with Crippen molar-refractivity contribution < 1.29 is 0 Å². The third-order valence-electron chi connectivity index (χ3n) is 10.9. The maximum absolute atomic E-state index is 4.52. The van der Waals surface area contributed by atoms with Crippen LogP contribution in [-0.2, 0) is 5.41 Å². The Balaban J connectivity index is 0.981. The van der Waals surface area contributed by atoms with Gasteiger partial charge in [0.25, 0.3) is 0 Å². The van der Waals surface area contributed by atoms with Crippen LogP contribution in [0.3, 0.4) is 0 Å². The first kappa shape index (κ1) is 30.2. The lowest BCUT2D eigenvalue weighted by atomic mass is 9.80. The number of rotatable bonds is 5. The Kier molecular flexibility index (Phi) is 6.78. The molecule has 0 aliphatic heterocycles. The quantitative estimate of drug-likeness (QED) is 0.179. The zero-order valence-corrected chi connectivity index (χ0v) is 29.1. The second-order valence-electron chi connectivity index (χ2n) is 14.3. The van der Waals surface area contributed by atoms with Crippen LogP contribution < -0.4 is 0 Å². The molecule has 10 rings (SSSR count). The van der Waals surface area contributed by atoms with E-state index in [4.69, 9.17) is 0 Å². The van der Waals surface area contributed by atoms with Crippen LogP contribution in [0.15, 0.2) is 170 Å². The molecular formula is C50H34N2. The first-order valence-corrected chi connectivity index (χ1v) is 17.9. The van der Waals surface area contributed by atoms with Crippen LogP contribution in [0.2, 0.25) is 0 Å². The average molecular weight is 663 g/mol. The number of nitrogens with zero attached hydrogens (tertiary/aromatic N) is 2. The van der Waals surface area contributed by atoms with Gasteiger partial charge in [-0.15, -0.1) is 0 Å². The highest BCUT2D eigenvalue weighted by molar-refractivity contribution is 6.09. The number of hydrogen-bond acceptors (Lipinski definition) is 1. The molecule has 0 amide bonds. The van der Waals surface area contributed by atoms with Gasteiger partial charge in [0.2, 0.25) is 0 Å². The topological polar surface area (TPSA) is 17.8 Å². The third kappa shape index (κ3) is 4.78. The summed E-state index contributed by atoms with van der Waals surface area (Å²) in [7, 11) is 0. The molecule has 0 unspecified atom stereocenters. The van der Waals surface area contributed by atoms with Crippen molar-refractivity contribution in [2.45, 2.75) is 19.3 Å². The number of aromatic nitrogens is 2. The van der Waals surface area contributed by atoms with Crippen molar-refractivity contribution in [2.75, 3.05) is 0 Å². The summed E-state index contributed by atoms with van der Waals surface area (Å²) in [6.45, 7) is 4.72. The smallest absolute Gasteiger partial charge is 0.0701 e. The Bertz CT molecular complexity index is 2750.